The number of fused-ring (bicyclic) bond motifs is 1. The summed E-state index contributed by atoms with van der Waals surface area (Å²) in [6, 6.07) is 12.7. The lowest BCUT2D eigenvalue weighted by Crippen LogP contribution is -2.40. The summed E-state index contributed by atoms with van der Waals surface area (Å²) in [5.41, 5.74) is 0.824. The van der Waals surface area contributed by atoms with Crippen LogP contribution in [0.5, 0.6) is 5.75 Å². The lowest BCUT2D eigenvalue weighted by atomic mass is 10.0. The molecule has 4 nitrogen and oxygen atoms in total. The molecular weight excluding hydrogens is 293 g/mol. The van der Waals surface area contributed by atoms with E-state index in [1.54, 1.807) is 6.92 Å². The van der Waals surface area contributed by atoms with E-state index in [4.69, 9.17) is 4.74 Å². The van der Waals surface area contributed by atoms with Crippen LogP contribution in [0.15, 0.2) is 53.4 Å². The first-order valence-electron chi connectivity index (χ1n) is 6.51. The van der Waals surface area contributed by atoms with Crippen molar-refractivity contribution in [2.45, 2.75) is 24.0 Å². The SMILES string of the molecule is C[C@@H]1N[S+](=O)([O-])c2c(F)cccc2O[C@H]1c1ccccc1. The second-order valence-electron chi connectivity index (χ2n) is 4.93. The molecule has 0 amide bonds. The van der Waals surface area contributed by atoms with Gasteiger partial charge in [-0.05, 0) is 24.6 Å². The van der Waals surface area contributed by atoms with Crippen LogP contribution in [0, 0.1) is 5.82 Å². The van der Waals surface area contributed by atoms with Gasteiger partial charge in [-0.3, -0.25) is 0 Å². The minimum absolute atomic E-state index is 0.0284. The monoisotopic (exact) mass is 307 g/mol. The van der Waals surface area contributed by atoms with Crippen molar-refractivity contribution in [1.29, 1.82) is 0 Å². The molecule has 1 aliphatic heterocycles. The van der Waals surface area contributed by atoms with Crippen LogP contribution in [0.2, 0.25) is 0 Å². The summed E-state index contributed by atoms with van der Waals surface area (Å²) in [5, 5.41) is 0. The second kappa shape index (κ2) is 5.22. The van der Waals surface area contributed by atoms with E-state index in [0.717, 1.165) is 11.6 Å². The van der Waals surface area contributed by atoms with Gasteiger partial charge in [0.1, 0.15) is 6.10 Å². The van der Waals surface area contributed by atoms with E-state index in [1.807, 2.05) is 30.3 Å². The van der Waals surface area contributed by atoms with Crippen molar-refractivity contribution in [3.05, 3.63) is 59.9 Å². The van der Waals surface area contributed by atoms with Crippen molar-refractivity contribution in [1.82, 2.24) is 4.72 Å². The minimum atomic E-state index is -3.95. The zero-order valence-electron chi connectivity index (χ0n) is 11.3. The van der Waals surface area contributed by atoms with Crippen molar-refractivity contribution in [3.63, 3.8) is 0 Å². The summed E-state index contributed by atoms with van der Waals surface area (Å²) < 4.78 is 46.7. The molecule has 0 radical (unpaired) electrons. The molecule has 0 aliphatic carbocycles. The zero-order chi connectivity index (χ0) is 15.0. The molecule has 1 unspecified atom stereocenters. The molecule has 3 rings (SSSR count). The molecule has 6 heteroatoms. The third-order valence-electron chi connectivity index (χ3n) is 3.38. The molecule has 0 aromatic heterocycles. The number of hydrogen-bond donors (Lipinski definition) is 1. The molecule has 0 saturated carbocycles. The fourth-order valence-corrected chi connectivity index (χ4v) is 3.88. The Morgan fingerprint density at radius 3 is 2.62 bits per heavy atom. The Morgan fingerprint density at radius 1 is 1.19 bits per heavy atom. The van der Waals surface area contributed by atoms with E-state index in [1.165, 1.54) is 12.1 Å². The van der Waals surface area contributed by atoms with Crippen LogP contribution in [0.4, 0.5) is 4.39 Å². The van der Waals surface area contributed by atoms with Gasteiger partial charge in [-0.2, -0.15) is 0 Å². The summed E-state index contributed by atoms with van der Waals surface area (Å²) in [4.78, 5) is -0.435. The molecule has 3 atom stereocenters. The Morgan fingerprint density at radius 2 is 1.90 bits per heavy atom. The van der Waals surface area contributed by atoms with E-state index in [2.05, 4.69) is 4.72 Å². The lowest BCUT2D eigenvalue weighted by Gasteiger charge is -2.22. The summed E-state index contributed by atoms with van der Waals surface area (Å²) >= 11 is 0. The predicted molar refractivity (Wildman–Crippen MR) is 75.9 cm³/mol. The van der Waals surface area contributed by atoms with Crippen LogP contribution in [0.3, 0.4) is 0 Å². The highest BCUT2D eigenvalue weighted by Gasteiger charge is 2.39. The van der Waals surface area contributed by atoms with Crippen LogP contribution in [-0.2, 0) is 14.6 Å². The third-order valence-corrected chi connectivity index (χ3v) is 4.99. The van der Waals surface area contributed by atoms with Crippen LogP contribution in [0.1, 0.15) is 18.6 Å². The number of hydrogen-bond acceptors (Lipinski definition) is 3. The maximum absolute atomic E-state index is 13.9. The molecule has 0 saturated heterocycles. The first kappa shape index (κ1) is 14.2. The summed E-state index contributed by atoms with van der Waals surface area (Å²) in [6.45, 7) is 1.69. The molecule has 1 aliphatic rings. The molecule has 1 heterocycles. The Hall–Kier alpha value is -1.76. The summed E-state index contributed by atoms with van der Waals surface area (Å²) in [6.07, 6.45) is -0.524. The topological polar surface area (TPSA) is 61.4 Å². The Labute approximate surface area is 123 Å². The molecule has 2 aromatic rings. The lowest BCUT2D eigenvalue weighted by molar-refractivity contribution is 0.172. The van der Waals surface area contributed by atoms with Gasteiger partial charge in [-0.25, -0.2) is 4.39 Å². The standard InChI is InChI=1S/C15H14FNO3S/c1-10-14(11-6-3-2-4-7-11)20-13-9-5-8-12(16)15(13)21(18,19)17-10/h2-10,14H,1H3,(H-,17,18,19)/t10-,14+/m0/s1. The molecule has 2 aromatic carbocycles. The fraction of sp³-hybridized carbons (Fsp3) is 0.200. The number of nitrogens with one attached hydrogen (secondary N) is 1. The van der Waals surface area contributed by atoms with Gasteiger partial charge in [-0.15, -0.1) is 4.72 Å². The van der Waals surface area contributed by atoms with Crippen molar-refractivity contribution >= 4 is 10.4 Å². The van der Waals surface area contributed by atoms with E-state index < -0.39 is 33.3 Å². The van der Waals surface area contributed by atoms with E-state index in [9.17, 15) is 13.2 Å². The highest BCUT2D eigenvalue weighted by Crippen LogP contribution is 2.37. The molecule has 0 fully saturated rings. The average Bonchev–Trinajstić information content (AvgIpc) is 2.54. The maximum Gasteiger partial charge on any atom is 0.252 e. The van der Waals surface area contributed by atoms with Gasteiger partial charge in [0.05, 0.1) is 6.04 Å². The average molecular weight is 307 g/mol. The van der Waals surface area contributed by atoms with Crippen molar-refractivity contribution in [3.8, 4) is 5.75 Å². The van der Waals surface area contributed by atoms with Crippen LogP contribution in [0.25, 0.3) is 0 Å². The quantitative estimate of drug-likeness (QED) is 0.824. The van der Waals surface area contributed by atoms with Gasteiger partial charge in [0.25, 0.3) is 4.90 Å². The molecule has 110 valence electrons. The van der Waals surface area contributed by atoms with E-state index in [0.29, 0.717) is 0 Å². The third kappa shape index (κ3) is 2.57. The molecule has 0 spiro atoms. The van der Waals surface area contributed by atoms with Gasteiger partial charge in [0.15, 0.2) is 22.0 Å². The van der Waals surface area contributed by atoms with E-state index in [-0.39, 0.29) is 5.75 Å². The molecular formula is C15H14FNO3S. The molecule has 21 heavy (non-hydrogen) atoms. The van der Waals surface area contributed by atoms with Gasteiger partial charge in [0, 0.05) is 0 Å². The number of ether oxygens (including phenoxy) is 1. The number of halogens is 1. The smallest absolute Gasteiger partial charge is 0.252 e. The van der Waals surface area contributed by atoms with E-state index >= 15 is 0 Å². The Bertz CT molecular complexity index is 707. The normalized spacial score (nSPS) is 28.3. The second-order valence-corrected chi connectivity index (χ2v) is 6.58. The Kier molecular flexibility index (Phi) is 3.52. The van der Waals surface area contributed by atoms with Gasteiger partial charge >= 0.3 is 0 Å². The van der Waals surface area contributed by atoms with Crippen LogP contribution < -0.4 is 9.46 Å². The molecule has 1 N–H and O–H groups in total. The summed E-state index contributed by atoms with van der Waals surface area (Å²) in [5.74, 6) is -0.790. The fourth-order valence-electron chi connectivity index (χ4n) is 2.45. The summed E-state index contributed by atoms with van der Waals surface area (Å²) in [7, 11) is -3.95. The first-order valence-corrected chi connectivity index (χ1v) is 8.00. The van der Waals surface area contributed by atoms with Crippen molar-refractivity contribution in [2.75, 3.05) is 0 Å². The largest absolute Gasteiger partial charge is 0.593 e. The van der Waals surface area contributed by atoms with Gasteiger partial charge in [0.2, 0.25) is 0 Å². The minimum Gasteiger partial charge on any atom is -0.593 e. The predicted octanol–water partition coefficient (Wildman–Crippen LogP) is 2.84. The maximum atomic E-state index is 13.9. The van der Waals surface area contributed by atoms with Crippen molar-refractivity contribution < 1.29 is 17.9 Å². The van der Waals surface area contributed by atoms with Gasteiger partial charge in [-0.1, -0.05) is 40.6 Å². The Balaban J connectivity index is 2.12. The highest BCUT2D eigenvalue weighted by atomic mass is 32.3. The van der Waals surface area contributed by atoms with Crippen molar-refractivity contribution in [2.24, 2.45) is 0 Å². The van der Waals surface area contributed by atoms with Crippen LogP contribution in [-0.4, -0.2) is 10.6 Å². The number of rotatable bonds is 1. The van der Waals surface area contributed by atoms with Crippen LogP contribution >= 0.6 is 0 Å². The zero-order valence-corrected chi connectivity index (χ0v) is 12.1. The number of sulfonamides is 1. The first-order chi connectivity index (χ1) is 9.99. The highest BCUT2D eigenvalue weighted by molar-refractivity contribution is 7.96. The van der Waals surface area contributed by atoms with Gasteiger partial charge < -0.3 is 9.29 Å². The number of benzene rings is 2. The molecule has 0 bridgehead atoms.